The monoisotopic (exact) mass is 446 g/mol. The quantitative estimate of drug-likeness (QED) is 0.417. The third kappa shape index (κ3) is 4.89. The lowest BCUT2D eigenvalue weighted by molar-refractivity contribution is -0.142. The van der Waals surface area contributed by atoms with Gasteiger partial charge in [-0.15, -0.1) is 11.8 Å². The first kappa shape index (κ1) is 22.2. The molecule has 0 radical (unpaired) electrons. The van der Waals surface area contributed by atoms with Crippen molar-refractivity contribution < 1.29 is 19.4 Å². The zero-order valence-corrected chi connectivity index (χ0v) is 18.8. The zero-order valence-electron chi connectivity index (χ0n) is 17.9. The summed E-state index contributed by atoms with van der Waals surface area (Å²) >= 11 is 1.56. The molecule has 3 atom stereocenters. The van der Waals surface area contributed by atoms with Crippen molar-refractivity contribution in [2.24, 2.45) is 11.8 Å². The first-order valence-corrected chi connectivity index (χ1v) is 11.8. The number of rotatable bonds is 8. The molecular formula is C27H26O4S. The summed E-state index contributed by atoms with van der Waals surface area (Å²) in [6.45, 7) is 2.57. The molecule has 32 heavy (non-hydrogen) atoms. The predicted octanol–water partition coefficient (Wildman–Crippen LogP) is 6.21. The van der Waals surface area contributed by atoms with E-state index >= 15 is 0 Å². The highest BCUT2D eigenvalue weighted by atomic mass is 32.2. The molecule has 164 valence electrons. The van der Waals surface area contributed by atoms with Crippen LogP contribution in [0.15, 0.2) is 83.8 Å². The minimum Gasteiger partial charge on any atom is -0.494 e. The first-order chi connectivity index (χ1) is 15.6. The van der Waals surface area contributed by atoms with E-state index in [2.05, 4.69) is 0 Å². The van der Waals surface area contributed by atoms with Gasteiger partial charge in [0.25, 0.3) is 0 Å². The summed E-state index contributed by atoms with van der Waals surface area (Å²) in [4.78, 5) is 26.4. The van der Waals surface area contributed by atoms with Crippen molar-refractivity contribution in [3.05, 3.63) is 84.4 Å². The Morgan fingerprint density at radius 2 is 1.53 bits per heavy atom. The summed E-state index contributed by atoms with van der Waals surface area (Å²) in [5.41, 5.74) is 2.61. The first-order valence-electron chi connectivity index (χ1n) is 10.9. The second-order valence-electron chi connectivity index (χ2n) is 7.92. The highest BCUT2D eigenvalue weighted by Crippen LogP contribution is 2.44. The fraction of sp³-hybridized carbons (Fsp3) is 0.259. The molecule has 1 fully saturated rings. The van der Waals surface area contributed by atoms with E-state index in [1.807, 2.05) is 85.8 Å². The molecule has 5 heteroatoms. The summed E-state index contributed by atoms with van der Waals surface area (Å²) in [7, 11) is 0. The predicted molar refractivity (Wildman–Crippen MR) is 127 cm³/mol. The average molecular weight is 447 g/mol. The molecule has 0 amide bonds. The summed E-state index contributed by atoms with van der Waals surface area (Å²) in [6, 6.07) is 25.1. The van der Waals surface area contributed by atoms with Crippen molar-refractivity contribution in [2.45, 2.75) is 29.9 Å². The molecular weight excluding hydrogens is 420 g/mol. The number of aliphatic carboxylic acids is 1. The van der Waals surface area contributed by atoms with Crippen molar-refractivity contribution in [3.63, 3.8) is 0 Å². The summed E-state index contributed by atoms with van der Waals surface area (Å²) in [5, 5.41) is 9.80. The number of hydrogen-bond donors (Lipinski definition) is 1. The van der Waals surface area contributed by atoms with Gasteiger partial charge in [0, 0.05) is 21.6 Å². The van der Waals surface area contributed by atoms with Gasteiger partial charge in [-0.1, -0.05) is 54.6 Å². The molecule has 0 spiro atoms. The average Bonchev–Trinajstić information content (AvgIpc) is 3.24. The molecule has 0 aliphatic heterocycles. The van der Waals surface area contributed by atoms with E-state index < -0.39 is 17.8 Å². The molecule has 3 aromatic carbocycles. The number of carbonyl (C=O) groups is 2. The molecule has 0 aromatic heterocycles. The van der Waals surface area contributed by atoms with Gasteiger partial charge in [0.15, 0.2) is 5.78 Å². The fourth-order valence-corrected chi connectivity index (χ4v) is 5.72. The molecule has 0 saturated heterocycles. The fourth-order valence-electron chi connectivity index (χ4n) is 4.34. The molecule has 1 aliphatic rings. The second kappa shape index (κ2) is 10.0. The van der Waals surface area contributed by atoms with Gasteiger partial charge in [-0.25, -0.2) is 0 Å². The molecule has 4 nitrogen and oxygen atoms in total. The van der Waals surface area contributed by atoms with Gasteiger partial charge in [-0.2, -0.15) is 0 Å². The number of carboxylic acids is 1. The number of benzene rings is 3. The largest absolute Gasteiger partial charge is 0.494 e. The molecule has 0 heterocycles. The van der Waals surface area contributed by atoms with Crippen LogP contribution in [0.5, 0.6) is 5.75 Å². The standard InChI is InChI=1S/C27H26O4S/c1-2-31-21-14-12-19(13-15-21)18-8-10-20(11-9-18)26(28)23-16-17-24(25(23)27(29)30)32-22-6-4-3-5-7-22/h3-15,23-25H,2,16-17H2,1H3,(H,29,30)/t23-,24-,25+/m0/s1. The Kier molecular flexibility index (Phi) is 6.96. The van der Waals surface area contributed by atoms with Crippen LogP contribution in [-0.4, -0.2) is 28.7 Å². The number of ether oxygens (including phenoxy) is 1. The van der Waals surface area contributed by atoms with Crippen molar-refractivity contribution in [1.82, 2.24) is 0 Å². The van der Waals surface area contributed by atoms with E-state index in [-0.39, 0.29) is 11.0 Å². The van der Waals surface area contributed by atoms with Gasteiger partial charge in [0.05, 0.1) is 12.5 Å². The SMILES string of the molecule is CCOc1ccc(-c2ccc(C(=O)[C@H]3CC[C@H](Sc4ccccc4)[C@@H]3C(=O)O)cc2)cc1. The highest BCUT2D eigenvalue weighted by Gasteiger charge is 2.45. The van der Waals surface area contributed by atoms with E-state index in [9.17, 15) is 14.7 Å². The molecule has 0 unspecified atom stereocenters. The number of Topliss-reactive ketones (excluding diaryl/α,β-unsaturated/α-hetero) is 1. The Morgan fingerprint density at radius 1 is 0.906 bits per heavy atom. The lowest BCUT2D eigenvalue weighted by atomic mass is 9.88. The van der Waals surface area contributed by atoms with Crippen LogP contribution >= 0.6 is 11.8 Å². The van der Waals surface area contributed by atoms with Crippen LogP contribution in [-0.2, 0) is 4.79 Å². The number of carbonyl (C=O) groups excluding carboxylic acids is 1. The number of carboxylic acid groups (broad SMARTS) is 1. The van der Waals surface area contributed by atoms with Gasteiger partial charge >= 0.3 is 5.97 Å². The smallest absolute Gasteiger partial charge is 0.308 e. The Labute approximate surface area is 192 Å². The van der Waals surface area contributed by atoms with Gasteiger partial charge in [0.1, 0.15) is 5.75 Å². The van der Waals surface area contributed by atoms with E-state index in [4.69, 9.17) is 4.74 Å². The summed E-state index contributed by atoms with van der Waals surface area (Å²) in [6.07, 6.45) is 1.32. The van der Waals surface area contributed by atoms with Crippen LogP contribution in [0.1, 0.15) is 30.1 Å². The number of ketones is 1. The van der Waals surface area contributed by atoms with Crippen LogP contribution < -0.4 is 4.74 Å². The molecule has 0 bridgehead atoms. The summed E-state index contributed by atoms with van der Waals surface area (Å²) < 4.78 is 5.49. The molecule has 4 rings (SSSR count). The Balaban J connectivity index is 1.48. The minimum atomic E-state index is -0.889. The van der Waals surface area contributed by atoms with Gasteiger partial charge in [-0.3, -0.25) is 9.59 Å². The van der Waals surface area contributed by atoms with Crippen molar-refractivity contribution >= 4 is 23.5 Å². The van der Waals surface area contributed by atoms with E-state index in [0.29, 0.717) is 18.6 Å². The maximum atomic E-state index is 13.2. The second-order valence-corrected chi connectivity index (χ2v) is 9.23. The maximum absolute atomic E-state index is 13.2. The Bertz CT molecular complexity index is 1060. The third-order valence-electron chi connectivity index (χ3n) is 5.92. The van der Waals surface area contributed by atoms with Crippen LogP contribution in [0.2, 0.25) is 0 Å². The van der Waals surface area contributed by atoms with Crippen molar-refractivity contribution in [1.29, 1.82) is 0 Å². The maximum Gasteiger partial charge on any atom is 0.308 e. The topological polar surface area (TPSA) is 63.6 Å². The van der Waals surface area contributed by atoms with Gasteiger partial charge in [-0.05, 0) is 55.2 Å². The van der Waals surface area contributed by atoms with Crippen molar-refractivity contribution in [2.75, 3.05) is 6.61 Å². The van der Waals surface area contributed by atoms with E-state index in [0.717, 1.165) is 28.2 Å². The van der Waals surface area contributed by atoms with Crippen LogP contribution in [0.25, 0.3) is 11.1 Å². The summed E-state index contributed by atoms with van der Waals surface area (Å²) in [5.74, 6) is -1.32. The molecule has 1 N–H and O–H groups in total. The van der Waals surface area contributed by atoms with Crippen molar-refractivity contribution in [3.8, 4) is 16.9 Å². The lowest BCUT2D eigenvalue weighted by Crippen LogP contribution is -2.30. The Morgan fingerprint density at radius 3 is 2.12 bits per heavy atom. The molecule has 1 aliphatic carbocycles. The number of thioether (sulfide) groups is 1. The zero-order chi connectivity index (χ0) is 22.5. The van der Waals surface area contributed by atoms with E-state index in [1.54, 1.807) is 11.8 Å². The highest BCUT2D eigenvalue weighted by molar-refractivity contribution is 8.00. The normalized spacial score (nSPS) is 20.1. The lowest BCUT2D eigenvalue weighted by Gasteiger charge is -2.20. The minimum absolute atomic E-state index is 0.0770. The number of hydrogen-bond acceptors (Lipinski definition) is 4. The molecule has 3 aromatic rings. The van der Waals surface area contributed by atoms with Crippen LogP contribution in [0.4, 0.5) is 0 Å². The Hall–Kier alpha value is -3.05. The van der Waals surface area contributed by atoms with Gasteiger partial charge in [0.2, 0.25) is 0 Å². The van der Waals surface area contributed by atoms with E-state index in [1.165, 1.54) is 0 Å². The van der Waals surface area contributed by atoms with Gasteiger partial charge < -0.3 is 9.84 Å². The van der Waals surface area contributed by atoms with Crippen LogP contribution in [0.3, 0.4) is 0 Å². The van der Waals surface area contributed by atoms with Crippen LogP contribution in [0, 0.1) is 11.8 Å². The molecule has 1 saturated carbocycles. The third-order valence-corrected chi connectivity index (χ3v) is 7.29.